The van der Waals surface area contributed by atoms with Crippen LogP contribution in [-0.2, 0) is 0 Å². The van der Waals surface area contributed by atoms with Crippen LogP contribution in [0.5, 0.6) is 5.88 Å². The highest BCUT2D eigenvalue weighted by molar-refractivity contribution is 7.17. The summed E-state index contributed by atoms with van der Waals surface area (Å²) < 4.78 is 1.58. The minimum absolute atomic E-state index is 0.0663. The van der Waals surface area contributed by atoms with Crippen LogP contribution in [0.1, 0.15) is 27.9 Å². The van der Waals surface area contributed by atoms with Crippen molar-refractivity contribution in [1.82, 2.24) is 14.6 Å². The third-order valence-electron chi connectivity index (χ3n) is 5.88. The highest BCUT2D eigenvalue weighted by atomic mass is 32.1. The summed E-state index contributed by atoms with van der Waals surface area (Å²) in [5, 5.41) is 15.4. The third kappa shape index (κ3) is 3.44. The Morgan fingerprint density at radius 3 is 2.50 bits per heavy atom. The first-order valence-electron chi connectivity index (χ1n) is 10.4. The van der Waals surface area contributed by atoms with Gasteiger partial charge in [0.25, 0.3) is 0 Å². The van der Waals surface area contributed by atoms with Gasteiger partial charge in [-0.25, -0.2) is 4.98 Å². The van der Waals surface area contributed by atoms with Gasteiger partial charge in [-0.05, 0) is 32.0 Å². The van der Waals surface area contributed by atoms with E-state index in [1.165, 1.54) is 21.7 Å². The fourth-order valence-electron chi connectivity index (χ4n) is 4.44. The SMILES string of the molecule is Cc1cccc([C@@H](c2sc3nc(C)nn3c2O)[NH+]2CCN(c3ccccc3)CC2)c1. The van der Waals surface area contributed by atoms with Gasteiger partial charge in [-0.3, -0.25) is 0 Å². The van der Waals surface area contributed by atoms with Gasteiger partial charge in [0, 0.05) is 11.3 Å². The molecule has 30 heavy (non-hydrogen) atoms. The maximum absolute atomic E-state index is 11.0. The second-order valence-electron chi connectivity index (χ2n) is 7.97. The number of hydrogen-bond donors (Lipinski definition) is 2. The molecular formula is C23H26N5OS+. The molecule has 1 saturated heterocycles. The highest BCUT2D eigenvalue weighted by Crippen LogP contribution is 2.35. The van der Waals surface area contributed by atoms with E-state index in [1.54, 1.807) is 15.9 Å². The van der Waals surface area contributed by atoms with E-state index in [1.807, 2.05) is 6.92 Å². The zero-order chi connectivity index (χ0) is 20.7. The maximum atomic E-state index is 11.0. The van der Waals surface area contributed by atoms with Crippen LogP contribution in [0.25, 0.3) is 4.96 Å². The summed E-state index contributed by atoms with van der Waals surface area (Å²) in [6, 6.07) is 19.3. The van der Waals surface area contributed by atoms with Crippen LogP contribution in [0, 0.1) is 13.8 Å². The second kappa shape index (κ2) is 7.74. The topological polar surface area (TPSA) is 58.1 Å². The van der Waals surface area contributed by atoms with Gasteiger partial charge in [0.1, 0.15) is 10.7 Å². The number of fused-ring (bicyclic) bond motifs is 1. The number of hydrogen-bond acceptors (Lipinski definition) is 5. The largest absolute Gasteiger partial charge is 0.492 e. The van der Waals surface area contributed by atoms with Gasteiger partial charge in [-0.1, -0.05) is 53.3 Å². The molecule has 0 saturated carbocycles. The molecule has 1 aliphatic rings. The monoisotopic (exact) mass is 420 g/mol. The molecule has 0 spiro atoms. The van der Waals surface area contributed by atoms with Crippen LogP contribution in [0.15, 0.2) is 54.6 Å². The zero-order valence-electron chi connectivity index (χ0n) is 17.2. The summed E-state index contributed by atoms with van der Waals surface area (Å²) in [7, 11) is 0. The van der Waals surface area contributed by atoms with E-state index in [9.17, 15) is 5.11 Å². The van der Waals surface area contributed by atoms with Gasteiger partial charge in [-0.15, -0.1) is 5.10 Å². The smallest absolute Gasteiger partial charge is 0.235 e. The third-order valence-corrected chi connectivity index (χ3v) is 6.96. The number of nitrogens with zero attached hydrogens (tertiary/aromatic N) is 4. The number of aryl methyl sites for hydroxylation is 2. The molecule has 0 radical (unpaired) electrons. The Morgan fingerprint density at radius 2 is 1.80 bits per heavy atom. The molecule has 0 unspecified atom stereocenters. The first-order valence-corrected chi connectivity index (χ1v) is 11.2. The van der Waals surface area contributed by atoms with Crippen molar-refractivity contribution in [2.24, 2.45) is 0 Å². The van der Waals surface area contributed by atoms with E-state index in [0.717, 1.165) is 36.0 Å². The lowest BCUT2D eigenvalue weighted by atomic mass is 10.0. The lowest BCUT2D eigenvalue weighted by Gasteiger charge is -2.37. The molecule has 2 aromatic heterocycles. The van der Waals surface area contributed by atoms with Gasteiger partial charge in [0.2, 0.25) is 10.8 Å². The number of para-hydroxylation sites is 1. The molecule has 1 aliphatic heterocycles. The van der Waals surface area contributed by atoms with Gasteiger partial charge in [0.05, 0.1) is 26.2 Å². The molecule has 0 aliphatic carbocycles. The van der Waals surface area contributed by atoms with Crippen molar-refractivity contribution >= 4 is 22.0 Å². The predicted octanol–water partition coefficient (Wildman–Crippen LogP) is 2.61. The highest BCUT2D eigenvalue weighted by Gasteiger charge is 2.35. The molecule has 1 atom stereocenters. The number of piperazine rings is 1. The quantitative estimate of drug-likeness (QED) is 0.533. The average Bonchev–Trinajstić information content (AvgIpc) is 3.27. The number of benzene rings is 2. The molecule has 2 N–H and O–H groups in total. The fourth-order valence-corrected chi connectivity index (χ4v) is 5.62. The van der Waals surface area contributed by atoms with Crippen LogP contribution < -0.4 is 9.80 Å². The number of aromatic hydroxyl groups is 1. The van der Waals surface area contributed by atoms with Gasteiger partial charge in [-0.2, -0.15) is 4.52 Å². The Balaban J connectivity index is 1.49. The summed E-state index contributed by atoms with van der Waals surface area (Å²) in [6.07, 6.45) is 0. The first kappa shape index (κ1) is 19.1. The lowest BCUT2D eigenvalue weighted by molar-refractivity contribution is -0.925. The fraction of sp³-hybridized carbons (Fsp3) is 0.304. The Bertz CT molecular complexity index is 1160. The standard InChI is InChI=1S/C23H25N5OS/c1-16-7-6-8-18(15-16)20(21-22(29)28-23(30-21)24-17(2)25-28)27-13-11-26(12-14-27)19-9-4-3-5-10-19/h3-10,15,20,29H,11-14H2,1-2H3/p+1/t20-/m0/s1. The second-order valence-corrected chi connectivity index (χ2v) is 8.98. The van der Waals surface area contributed by atoms with Crippen molar-refractivity contribution in [3.8, 4) is 5.88 Å². The molecular weight excluding hydrogens is 394 g/mol. The number of quaternary nitrogens is 1. The first-order chi connectivity index (χ1) is 14.6. The van der Waals surface area contributed by atoms with E-state index >= 15 is 0 Å². The van der Waals surface area contributed by atoms with E-state index in [2.05, 4.69) is 76.5 Å². The zero-order valence-corrected chi connectivity index (χ0v) is 18.1. The molecule has 154 valence electrons. The van der Waals surface area contributed by atoms with Gasteiger partial charge >= 0.3 is 0 Å². The molecule has 2 aromatic carbocycles. The lowest BCUT2D eigenvalue weighted by Crippen LogP contribution is -3.15. The summed E-state index contributed by atoms with van der Waals surface area (Å²) in [5.41, 5.74) is 3.74. The minimum atomic E-state index is 0.0663. The molecule has 5 rings (SSSR count). The predicted molar refractivity (Wildman–Crippen MR) is 120 cm³/mol. The molecule has 0 bridgehead atoms. The van der Waals surface area contributed by atoms with Crippen LogP contribution in [0.2, 0.25) is 0 Å². The number of rotatable bonds is 4. The normalized spacial score (nSPS) is 16.3. The Hall–Kier alpha value is -2.90. The van der Waals surface area contributed by atoms with E-state index in [-0.39, 0.29) is 11.9 Å². The van der Waals surface area contributed by atoms with Crippen LogP contribution in [0.4, 0.5) is 5.69 Å². The average molecular weight is 421 g/mol. The van der Waals surface area contributed by atoms with Crippen molar-refractivity contribution in [2.45, 2.75) is 19.9 Å². The molecule has 6 nitrogen and oxygen atoms in total. The van der Waals surface area contributed by atoms with E-state index < -0.39 is 0 Å². The van der Waals surface area contributed by atoms with Crippen LogP contribution >= 0.6 is 11.3 Å². The summed E-state index contributed by atoms with van der Waals surface area (Å²) >= 11 is 1.55. The van der Waals surface area contributed by atoms with Gasteiger partial charge < -0.3 is 14.9 Å². The van der Waals surface area contributed by atoms with Crippen LogP contribution in [-0.4, -0.2) is 45.9 Å². The van der Waals surface area contributed by atoms with Gasteiger partial charge in [0.15, 0.2) is 6.04 Å². The van der Waals surface area contributed by atoms with Crippen molar-refractivity contribution in [2.75, 3.05) is 31.1 Å². The van der Waals surface area contributed by atoms with E-state index in [4.69, 9.17) is 0 Å². The minimum Gasteiger partial charge on any atom is -0.492 e. The Kier molecular flexibility index (Phi) is 4.92. The number of aromatic nitrogens is 3. The summed E-state index contributed by atoms with van der Waals surface area (Å²) in [4.78, 5) is 10.1. The molecule has 0 amide bonds. The van der Waals surface area contributed by atoms with Crippen molar-refractivity contribution in [3.63, 3.8) is 0 Å². The number of anilines is 1. The summed E-state index contributed by atoms with van der Waals surface area (Å²) in [5.74, 6) is 0.902. The Labute approximate surface area is 180 Å². The van der Waals surface area contributed by atoms with Crippen LogP contribution in [0.3, 0.4) is 0 Å². The summed E-state index contributed by atoms with van der Waals surface area (Å²) in [6.45, 7) is 7.95. The van der Waals surface area contributed by atoms with Crippen molar-refractivity contribution < 1.29 is 10.0 Å². The molecule has 4 aromatic rings. The molecule has 7 heteroatoms. The Morgan fingerprint density at radius 1 is 1.03 bits per heavy atom. The van der Waals surface area contributed by atoms with E-state index in [0.29, 0.717) is 5.82 Å². The van der Waals surface area contributed by atoms with Crippen molar-refractivity contribution in [1.29, 1.82) is 0 Å². The number of nitrogens with one attached hydrogen (secondary N) is 1. The molecule has 3 heterocycles. The molecule has 1 fully saturated rings. The van der Waals surface area contributed by atoms with Crippen molar-refractivity contribution in [3.05, 3.63) is 76.4 Å². The number of thiazole rings is 1. The maximum Gasteiger partial charge on any atom is 0.235 e.